The maximum Gasteiger partial charge on any atom is 0.0943 e. The van der Waals surface area contributed by atoms with E-state index in [1.54, 1.807) is 13.8 Å². The average Bonchev–Trinajstić information content (AvgIpc) is 2.41. The van der Waals surface area contributed by atoms with Gasteiger partial charge in [-0.3, -0.25) is 0 Å². The van der Waals surface area contributed by atoms with Crippen LogP contribution in [-0.2, 0) is 0 Å². The van der Waals surface area contributed by atoms with Crippen LogP contribution in [0.15, 0.2) is 11.6 Å². The topological polar surface area (TPSA) is 60.7 Å². The second kappa shape index (κ2) is 6.02. The van der Waals surface area contributed by atoms with Crippen molar-refractivity contribution in [2.45, 2.75) is 59.2 Å². The van der Waals surface area contributed by atoms with Crippen molar-refractivity contribution in [1.82, 2.24) is 0 Å². The smallest absolute Gasteiger partial charge is 0.0943 e. The summed E-state index contributed by atoms with van der Waals surface area (Å²) in [6, 6.07) is 0. The molecule has 0 aliphatic heterocycles. The molecule has 2 aliphatic rings. The molecule has 0 amide bonds. The third-order valence-corrected chi connectivity index (χ3v) is 6.39. The molecule has 3 N–H and O–H groups in total. The zero-order chi connectivity index (χ0) is 15.9. The molecule has 8 atom stereocenters. The molecule has 3 heteroatoms. The lowest BCUT2D eigenvalue weighted by molar-refractivity contribution is -0.125. The standard InChI is InChI=1S/C18H32O3/c1-10-6-7-11(2)16-14(10)8-12(3)17(15(16)9-19)18(5,21)13(4)20/h8,10-11,13-17,19-21H,6-7,9H2,1-5H3/t10-,11-,13?,14-,15-,16+,17?,18+/m0/s1. The van der Waals surface area contributed by atoms with E-state index in [0.717, 1.165) is 5.57 Å². The highest BCUT2D eigenvalue weighted by Crippen LogP contribution is 2.52. The number of aliphatic hydroxyl groups excluding tert-OH is 2. The Labute approximate surface area is 129 Å². The van der Waals surface area contributed by atoms with Crippen molar-refractivity contribution in [2.24, 2.45) is 35.5 Å². The summed E-state index contributed by atoms with van der Waals surface area (Å²) >= 11 is 0. The average molecular weight is 296 g/mol. The van der Waals surface area contributed by atoms with Crippen LogP contribution in [0.5, 0.6) is 0 Å². The first-order chi connectivity index (χ1) is 9.71. The van der Waals surface area contributed by atoms with Gasteiger partial charge in [0.15, 0.2) is 0 Å². The third kappa shape index (κ3) is 2.80. The summed E-state index contributed by atoms with van der Waals surface area (Å²) in [6.45, 7) is 10.0. The van der Waals surface area contributed by atoms with E-state index in [1.165, 1.54) is 12.8 Å². The lowest BCUT2D eigenvalue weighted by Gasteiger charge is -2.53. The highest BCUT2D eigenvalue weighted by atomic mass is 16.3. The molecule has 1 saturated carbocycles. The summed E-state index contributed by atoms with van der Waals surface area (Å²) in [5, 5.41) is 30.9. The predicted octanol–water partition coefficient (Wildman–Crippen LogP) is 2.60. The third-order valence-electron chi connectivity index (χ3n) is 6.39. The summed E-state index contributed by atoms with van der Waals surface area (Å²) in [5.74, 6) is 1.94. The number of hydrogen-bond donors (Lipinski definition) is 3. The normalized spacial score (nSPS) is 44.5. The fraction of sp³-hybridized carbons (Fsp3) is 0.889. The van der Waals surface area contributed by atoms with Crippen LogP contribution < -0.4 is 0 Å². The highest BCUT2D eigenvalue weighted by Gasteiger charge is 2.51. The minimum absolute atomic E-state index is 0.0300. The Hall–Kier alpha value is -0.380. The summed E-state index contributed by atoms with van der Waals surface area (Å²) in [6.07, 6.45) is 3.93. The molecule has 2 rings (SSSR count). The predicted molar refractivity (Wildman–Crippen MR) is 84.7 cm³/mol. The Kier molecular flexibility index (Phi) is 4.87. The lowest BCUT2D eigenvalue weighted by Crippen LogP contribution is -2.55. The van der Waals surface area contributed by atoms with Gasteiger partial charge in [-0.15, -0.1) is 0 Å². The van der Waals surface area contributed by atoms with E-state index in [-0.39, 0.29) is 18.4 Å². The van der Waals surface area contributed by atoms with Gasteiger partial charge in [-0.25, -0.2) is 0 Å². The number of rotatable bonds is 3. The van der Waals surface area contributed by atoms with Crippen molar-refractivity contribution >= 4 is 0 Å². The lowest BCUT2D eigenvalue weighted by atomic mass is 9.54. The van der Waals surface area contributed by atoms with E-state index >= 15 is 0 Å². The summed E-state index contributed by atoms with van der Waals surface area (Å²) in [4.78, 5) is 0. The van der Waals surface area contributed by atoms with E-state index in [4.69, 9.17) is 0 Å². The summed E-state index contributed by atoms with van der Waals surface area (Å²) in [5.41, 5.74) is -0.0681. The van der Waals surface area contributed by atoms with E-state index in [9.17, 15) is 15.3 Å². The Morgan fingerprint density at radius 1 is 1.29 bits per heavy atom. The maximum absolute atomic E-state index is 10.8. The Morgan fingerprint density at radius 3 is 2.38 bits per heavy atom. The van der Waals surface area contributed by atoms with Crippen molar-refractivity contribution in [2.75, 3.05) is 6.61 Å². The van der Waals surface area contributed by atoms with E-state index < -0.39 is 11.7 Å². The van der Waals surface area contributed by atoms with Crippen LogP contribution in [0.25, 0.3) is 0 Å². The van der Waals surface area contributed by atoms with Crippen LogP contribution in [0.2, 0.25) is 0 Å². The number of allylic oxidation sites excluding steroid dienone is 1. The van der Waals surface area contributed by atoms with Gasteiger partial charge in [0.05, 0.1) is 11.7 Å². The molecule has 21 heavy (non-hydrogen) atoms. The van der Waals surface area contributed by atoms with Crippen molar-refractivity contribution < 1.29 is 15.3 Å². The molecule has 0 spiro atoms. The first kappa shape index (κ1) is 17.0. The Bertz CT molecular complexity index is 399. The molecule has 2 unspecified atom stereocenters. The largest absolute Gasteiger partial charge is 0.396 e. The van der Waals surface area contributed by atoms with Gasteiger partial charge in [0, 0.05) is 12.5 Å². The van der Waals surface area contributed by atoms with Crippen LogP contribution in [0.4, 0.5) is 0 Å². The minimum Gasteiger partial charge on any atom is -0.396 e. The minimum atomic E-state index is -1.20. The molecule has 0 saturated heterocycles. The van der Waals surface area contributed by atoms with Crippen LogP contribution in [0.1, 0.15) is 47.5 Å². The molecule has 0 aromatic heterocycles. The van der Waals surface area contributed by atoms with Gasteiger partial charge in [-0.1, -0.05) is 31.9 Å². The second-order valence-electron chi connectivity index (χ2n) is 7.82. The van der Waals surface area contributed by atoms with Crippen molar-refractivity contribution in [3.63, 3.8) is 0 Å². The number of hydrogen-bond acceptors (Lipinski definition) is 3. The van der Waals surface area contributed by atoms with Crippen LogP contribution >= 0.6 is 0 Å². The molecule has 0 radical (unpaired) electrons. The molecule has 0 aromatic carbocycles. The first-order valence-corrected chi connectivity index (χ1v) is 8.41. The summed E-state index contributed by atoms with van der Waals surface area (Å²) < 4.78 is 0. The molecule has 0 bridgehead atoms. The zero-order valence-corrected chi connectivity index (χ0v) is 14.1. The second-order valence-corrected chi connectivity index (χ2v) is 7.82. The van der Waals surface area contributed by atoms with Gasteiger partial charge in [0.2, 0.25) is 0 Å². The molecule has 0 aromatic rings. The molecular formula is C18H32O3. The first-order valence-electron chi connectivity index (χ1n) is 8.41. The van der Waals surface area contributed by atoms with Gasteiger partial charge < -0.3 is 15.3 Å². The van der Waals surface area contributed by atoms with Gasteiger partial charge in [0.25, 0.3) is 0 Å². The fourth-order valence-corrected chi connectivity index (χ4v) is 5.00. The Morgan fingerprint density at radius 2 is 1.86 bits per heavy atom. The van der Waals surface area contributed by atoms with Crippen LogP contribution in [0.3, 0.4) is 0 Å². The fourth-order valence-electron chi connectivity index (χ4n) is 5.00. The SMILES string of the molecule is CC1=C[C@@H]2[C@H]([C@H](CO)C1[C@](C)(O)C(C)O)[C@@H](C)CC[C@@H]2C. The maximum atomic E-state index is 10.8. The van der Waals surface area contributed by atoms with Crippen molar-refractivity contribution in [3.8, 4) is 0 Å². The zero-order valence-electron chi connectivity index (χ0n) is 14.1. The Balaban J connectivity index is 2.45. The van der Waals surface area contributed by atoms with E-state index in [1.807, 2.05) is 6.92 Å². The highest BCUT2D eigenvalue weighted by molar-refractivity contribution is 5.21. The van der Waals surface area contributed by atoms with Gasteiger partial charge >= 0.3 is 0 Å². The molecular weight excluding hydrogens is 264 g/mol. The summed E-state index contributed by atoms with van der Waals surface area (Å²) in [7, 11) is 0. The van der Waals surface area contributed by atoms with E-state index in [2.05, 4.69) is 19.9 Å². The van der Waals surface area contributed by atoms with Gasteiger partial charge in [-0.05, 0) is 56.8 Å². The molecule has 2 aliphatic carbocycles. The van der Waals surface area contributed by atoms with Crippen LogP contribution in [0, 0.1) is 35.5 Å². The van der Waals surface area contributed by atoms with Crippen LogP contribution in [-0.4, -0.2) is 33.6 Å². The number of aliphatic hydroxyl groups is 3. The number of fused-ring (bicyclic) bond motifs is 1. The van der Waals surface area contributed by atoms with Gasteiger partial charge in [0.1, 0.15) is 0 Å². The van der Waals surface area contributed by atoms with Crippen molar-refractivity contribution in [1.29, 1.82) is 0 Å². The molecule has 1 fully saturated rings. The molecule has 0 heterocycles. The quantitative estimate of drug-likeness (QED) is 0.702. The molecule has 122 valence electrons. The van der Waals surface area contributed by atoms with E-state index in [0.29, 0.717) is 23.7 Å². The van der Waals surface area contributed by atoms with Crippen molar-refractivity contribution in [3.05, 3.63) is 11.6 Å². The molecule has 3 nitrogen and oxygen atoms in total. The van der Waals surface area contributed by atoms with Gasteiger partial charge in [-0.2, -0.15) is 0 Å². The monoisotopic (exact) mass is 296 g/mol.